The Labute approximate surface area is 93.9 Å². The largest absolute Gasteiger partial charge is 0.307 e. The molecule has 0 aliphatic heterocycles. The molecule has 0 spiro atoms. The molecule has 1 aromatic rings. The molecule has 1 N–H and O–H groups in total. The summed E-state index contributed by atoms with van der Waals surface area (Å²) in [6, 6.07) is 9.89. The van der Waals surface area contributed by atoms with E-state index in [1.807, 2.05) is 0 Å². The second kappa shape index (κ2) is 5.92. The predicted octanol–water partition coefficient (Wildman–Crippen LogP) is 3.83. The summed E-state index contributed by atoms with van der Waals surface area (Å²) >= 11 is 0. The lowest BCUT2D eigenvalue weighted by atomic mass is 10.0. The molecule has 1 heteroatoms. The first-order chi connectivity index (χ1) is 7.17. The summed E-state index contributed by atoms with van der Waals surface area (Å²) < 4.78 is 0. The maximum absolute atomic E-state index is 3.65. The van der Waals surface area contributed by atoms with Crippen LogP contribution in [0, 0.1) is 6.92 Å². The van der Waals surface area contributed by atoms with Crippen LogP contribution in [-0.4, -0.2) is 6.04 Å². The molecule has 0 aliphatic carbocycles. The van der Waals surface area contributed by atoms with E-state index >= 15 is 0 Å². The van der Waals surface area contributed by atoms with Gasteiger partial charge in [-0.15, -0.1) is 0 Å². The molecule has 0 fully saturated rings. The second-order valence-electron chi connectivity index (χ2n) is 4.31. The number of hydrogen-bond donors (Lipinski definition) is 1. The Bertz CT molecular complexity index is 272. The van der Waals surface area contributed by atoms with Crippen LogP contribution in [0.4, 0.5) is 0 Å². The molecule has 0 aromatic heterocycles. The standard InChI is InChI=1S/C14H23N/c1-5-14(6-2)15-12(4)13-9-7-11(3)8-10-13/h7-10,12,14-15H,5-6H2,1-4H3/t12-/m1/s1. The van der Waals surface area contributed by atoms with Gasteiger partial charge in [0, 0.05) is 12.1 Å². The Hall–Kier alpha value is -0.820. The van der Waals surface area contributed by atoms with Gasteiger partial charge in [-0.2, -0.15) is 0 Å². The number of aryl methyl sites for hydroxylation is 1. The lowest BCUT2D eigenvalue weighted by Gasteiger charge is -2.21. The first-order valence-corrected chi connectivity index (χ1v) is 6.00. The van der Waals surface area contributed by atoms with Crippen molar-refractivity contribution >= 4 is 0 Å². The quantitative estimate of drug-likeness (QED) is 0.770. The number of benzene rings is 1. The highest BCUT2D eigenvalue weighted by atomic mass is 14.9. The van der Waals surface area contributed by atoms with E-state index in [-0.39, 0.29) is 0 Å². The summed E-state index contributed by atoms with van der Waals surface area (Å²) in [6.07, 6.45) is 2.40. The molecule has 0 radical (unpaired) electrons. The smallest absolute Gasteiger partial charge is 0.0294 e. The average Bonchev–Trinajstić information content (AvgIpc) is 2.26. The molecule has 0 heterocycles. The summed E-state index contributed by atoms with van der Waals surface area (Å²) in [6.45, 7) is 8.85. The molecule has 1 atom stereocenters. The van der Waals surface area contributed by atoms with E-state index in [9.17, 15) is 0 Å². The van der Waals surface area contributed by atoms with Crippen molar-refractivity contribution in [3.05, 3.63) is 35.4 Å². The summed E-state index contributed by atoms with van der Waals surface area (Å²) in [4.78, 5) is 0. The van der Waals surface area contributed by atoms with Crippen LogP contribution in [0.5, 0.6) is 0 Å². The maximum atomic E-state index is 3.65. The molecular weight excluding hydrogens is 182 g/mol. The van der Waals surface area contributed by atoms with Gasteiger partial charge in [0.15, 0.2) is 0 Å². The van der Waals surface area contributed by atoms with Crippen LogP contribution in [-0.2, 0) is 0 Å². The minimum absolute atomic E-state index is 0.454. The van der Waals surface area contributed by atoms with Gasteiger partial charge in [-0.1, -0.05) is 43.7 Å². The molecule has 0 unspecified atom stereocenters. The second-order valence-corrected chi connectivity index (χ2v) is 4.31. The Morgan fingerprint density at radius 3 is 2.07 bits per heavy atom. The van der Waals surface area contributed by atoms with Gasteiger partial charge in [0.1, 0.15) is 0 Å². The molecule has 0 aliphatic rings. The highest BCUT2D eigenvalue weighted by molar-refractivity contribution is 5.23. The van der Waals surface area contributed by atoms with E-state index in [1.54, 1.807) is 0 Å². The number of hydrogen-bond acceptors (Lipinski definition) is 1. The zero-order valence-electron chi connectivity index (χ0n) is 10.4. The van der Waals surface area contributed by atoms with E-state index in [0.717, 1.165) is 0 Å². The topological polar surface area (TPSA) is 12.0 Å². The fourth-order valence-corrected chi connectivity index (χ4v) is 1.83. The van der Waals surface area contributed by atoms with E-state index in [2.05, 4.69) is 57.3 Å². The molecule has 0 saturated carbocycles. The third-order valence-electron chi connectivity index (χ3n) is 3.05. The zero-order chi connectivity index (χ0) is 11.3. The van der Waals surface area contributed by atoms with Gasteiger partial charge in [-0.05, 0) is 32.3 Å². The lowest BCUT2D eigenvalue weighted by Crippen LogP contribution is -2.30. The van der Waals surface area contributed by atoms with Crippen LogP contribution < -0.4 is 5.32 Å². The minimum atomic E-state index is 0.454. The molecule has 1 nitrogen and oxygen atoms in total. The monoisotopic (exact) mass is 205 g/mol. The van der Waals surface area contributed by atoms with Crippen LogP contribution >= 0.6 is 0 Å². The predicted molar refractivity (Wildman–Crippen MR) is 67.1 cm³/mol. The lowest BCUT2D eigenvalue weighted by molar-refractivity contribution is 0.432. The fourth-order valence-electron chi connectivity index (χ4n) is 1.83. The van der Waals surface area contributed by atoms with E-state index in [4.69, 9.17) is 0 Å². The number of rotatable bonds is 5. The van der Waals surface area contributed by atoms with Crippen molar-refractivity contribution in [1.82, 2.24) is 5.32 Å². The maximum Gasteiger partial charge on any atom is 0.0294 e. The van der Waals surface area contributed by atoms with Crippen LogP contribution in [0.3, 0.4) is 0 Å². The zero-order valence-corrected chi connectivity index (χ0v) is 10.4. The summed E-state index contributed by atoms with van der Waals surface area (Å²) in [5, 5.41) is 3.65. The van der Waals surface area contributed by atoms with Gasteiger partial charge < -0.3 is 5.32 Å². The molecule has 15 heavy (non-hydrogen) atoms. The van der Waals surface area contributed by atoms with Crippen molar-refractivity contribution in [1.29, 1.82) is 0 Å². The molecule has 84 valence electrons. The van der Waals surface area contributed by atoms with Crippen molar-refractivity contribution < 1.29 is 0 Å². The van der Waals surface area contributed by atoms with Crippen molar-refractivity contribution in [3.63, 3.8) is 0 Å². The van der Waals surface area contributed by atoms with Crippen LogP contribution in [0.15, 0.2) is 24.3 Å². The van der Waals surface area contributed by atoms with Gasteiger partial charge >= 0.3 is 0 Å². The third-order valence-corrected chi connectivity index (χ3v) is 3.05. The van der Waals surface area contributed by atoms with E-state index in [0.29, 0.717) is 12.1 Å². The van der Waals surface area contributed by atoms with Crippen LogP contribution in [0.1, 0.15) is 50.8 Å². The normalized spacial score (nSPS) is 13.1. The van der Waals surface area contributed by atoms with E-state index < -0.39 is 0 Å². The Kier molecular flexibility index (Phi) is 4.83. The first-order valence-electron chi connectivity index (χ1n) is 6.00. The SMILES string of the molecule is CCC(CC)N[C@H](C)c1ccc(C)cc1. The molecule has 1 rings (SSSR count). The van der Waals surface area contributed by atoms with Gasteiger partial charge in [0.2, 0.25) is 0 Å². The summed E-state index contributed by atoms with van der Waals surface area (Å²) in [7, 11) is 0. The Morgan fingerprint density at radius 2 is 1.60 bits per heavy atom. The summed E-state index contributed by atoms with van der Waals surface area (Å²) in [5.41, 5.74) is 2.71. The van der Waals surface area contributed by atoms with Crippen molar-refractivity contribution in [3.8, 4) is 0 Å². The van der Waals surface area contributed by atoms with Gasteiger partial charge in [-0.25, -0.2) is 0 Å². The van der Waals surface area contributed by atoms with E-state index in [1.165, 1.54) is 24.0 Å². The third kappa shape index (κ3) is 3.67. The number of nitrogens with one attached hydrogen (secondary N) is 1. The molecule has 1 aromatic carbocycles. The fraction of sp³-hybridized carbons (Fsp3) is 0.571. The first kappa shape index (κ1) is 12.3. The molecular formula is C14H23N. The average molecular weight is 205 g/mol. The van der Waals surface area contributed by atoms with Gasteiger partial charge in [0.05, 0.1) is 0 Å². The highest BCUT2D eigenvalue weighted by Gasteiger charge is 2.09. The van der Waals surface area contributed by atoms with Crippen LogP contribution in [0.25, 0.3) is 0 Å². The van der Waals surface area contributed by atoms with Crippen molar-refractivity contribution in [2.24, 2.45) is 0 Å². The van der Waals surface area contributed by atoms with Crippen molar-refractivity contribution in [2.45, 2.75) is 52.6 Å². The molecule has 0 amide bonds. The Morgan fingerprint density at radius 1 is 1.07 bits per heavy atom. The van der Waals surface area contributed by atoms with Crippen molar-refractivity contribution in [2.75, 3.05) is 0 Å². The minimum Gasteiger partial charge on any atom is -0.307 e. The van der Waals surface area contributed by atoms with Gasteiger partial charge in [0.25, 0.3) is 0 Å². The highest BCUT2D eigenvalue weighted by Crippen LogP contribution is 2.15. The van der Waals surface area contributed by atoms with Gasteiger partial charge in [-0.3, -0.25) is 0 Å². The summed E-state index contributed by atoms with van der Waals surface area (Å²) in [5.74, 6) is 0. The van der Waals surface area contributed by atoms with Crippen LogP contribution in [0.2, 0.25) is 0 Å². The molecule has 0 saturated heterocycles. The Balaban J connectivity index is 2.60. The molecule has 0 bridgehead atoms.